The van der Waals surface area contributed by atoms with Gasteiger partial charge in [0.15, 0.2) is 0 Å². The topological polar surface area (TPSA) is 142 Å². The van der Waals surface area contributed by atoms with Crippen LogP contribution in [0.1, 0.15) is 25.8 Å². The molecule has 3 atom stereocenters. The predicted octanol–water partition coefficient (Wildman–Crippen LogP) is -0.351. The maximum atomic E-state index is 12.6. The fraction of sp³-hybridized carbons (Fsp3) is 0.500. The summed E-state index contributed by atoms with van der Waals surface area (Å²) in [6, 6.07) is 6.89. The van der Waals surface area contributed by atoms with Crippen LogP contribution in [0.25, 0.3) is 0 Å². The lowest BCUT2D eigenvalue weighted by Gasteiger charge is -2.23. The molecule has 6 N–H and O–H groups in total. The summed E-state index contributed by atoms with van der Waals surface area (Å²) in [5, 5.41) is 23.7. The summed E-state index contributed by atoms with van der Waals surface area (Å²) in [7, 11) is 0. The van der Waals surface area contributed by atoms with Crippen LogP contribution in [0.2, 0.25) is 0 Å². The van der Waals surface area contributed by atoms with Gasteiger partial charge in [-0.15, -0.1) is 0 Å². The second-order valence-electron chi connectivity index (χ2n) is 6.53. The van der Waals surface area contributed by atoms with Crippen molar-refractivity contribution in [2.24, 2.45) is 11.7 Å². The average Bonchev–Trinajstić information content (AvgIpc) is 2.60. The van der Waals surface area contributed by atoms with Crippen molar-refractivity contribution in [3.8, 4) is 0 Å². The molecule has 0 spiro atoms. The molecule has 0 fully saturated rings. The maximum Gasteiger partial charge on any atom is 0.326 e. The summed E-state index contributed by atoms with van der Waals surface area (Å²) in [6.45, 7) is 3.42. The lowest BCUT2D eigenvalue weighted by molar-refractivity contribution is -0.142. The Morgan fingerprint density at radius 1 is 1.04 bits per heavy atom. The Hall–Kier alpha value is -2.45. The number of rotatable bonds is 10. The molecule has 1 aromatic carbocycles. The molecule has 2 amide bonds. The van der Waals surface area contributed by atoms with Gasteiger partial charge in [0.25, 0.3) is 5.91 Å². The summed E-state index contributed by atoms with van der Waals surface area (Å²) >= 11 is 0. The van der Waals surface area contributed by atoms with Crippen LogP contribution in [0.4, 0.5) is 0 Å². The number of nitrogens with two attached hydrogens (primary N) is 1. The van der Waals surface area contributed by atoms with Gasteiger partial charge in [-0.1, -0.05) is 44.2 Å². The van der Waals surface area contributed by atoms with Crippen molar-refractivity contribution < 1.29 is 24.6 Å². The Kier molecular flexibility index (Phi) is 8.74. The summed E-state index contributed by atoms with van der Waals surface area (Å²) in [5.41, 5.74) is 6.05. The Labute approximate surface area is 152 Å². The second-order valence-corrected chi connectivity index (χ2v) is 6.53. The van der Waals surface area contributed by atoms with Gasteiger partial charge in [0.05, 0.1) is 0 Å². The van der Waals surface area contributed by atoms with Crippen LogP contribution >= 0.6 is 0 Å². The minimum Gasteiger partial charge on any atom is -0.480 e. The van der Waals surface area contributed by atoms with Gasteiger partial charge < -0.3 is 26.6 Å². The molecule has 8 nitrogen and oxygen atoms in total. The first-order valence-electron chi connectivity index (χ1n) is 8.50. The number of hydrogen-bond donors (Lipinski definition) is 5. The average molecular weight is 365 g/mol. The lowest BCUT2D eigenvalue weighted by Crippen LogP contribution is -2.55. The fourth-order valence-corrected chi connectivity index (χ4v) is 2.40. The highest BCUT2D eigenvalue weighted by molar-refractivity contribution is 5.91. The van der Waals surface area contributed by atoms with Gasteiger partial charge in [-0.2, -0.15) is 0 Å². The highest BCUT2D eigenvalue weighted by Crippen LogP contribution is 2.08. The van der Waals surface area contributed by atoms with Gasteiger partial charge >= 0.3 is 5.97 Å². The number of aliphatic carboxylic acids is 1. The molecule has 0 aliphatic carbocycles. The van der Waals surface area contributed by atoms with Crippen molar-refractivity contribution in [1.82, 2.24) is 10.6 Å². The van der Waals surface area contributed by atoms with Crippen LogP contribution in [-0.2, 0) is 20.8 Å². The number of benzene rings is 1. The van der Waals surface area contributed by atoms with Crippen molar-refractivity contribution in [1.29, 1.82) is 0 Å². The molecule has 0 aliphatic rings. The molecule has 1 rings (SSSR count). The van der Waals surface area contributed by atoms with Crippen LogP contribution in [0, 0.1) is 5.92 Å². The van der Waals surface area contributed by atoms with Gasteiger partial charge in [0.1, 0.15) is 18.2 Å². The molecule has 0 heterocycles. The zero-order valence-corrected chi connectivity index (χ0v) is 15.0. The smallest absolute Gasteiger partial charge is 0.326 e. The Morgan fingerprint density at radius 2 is 1.62 bits per heavy atom. The van der Waals surface area contributed by atoms with E-state index in [0.717, 1.165) is 5.56 Å². The van der Waals surface area contributed by atoms with E-state index in [0.29, 0.717) is 0 Å². The monoisotopic (exact) mass is 365 g/mol. The molecule has 0 aromatic heterocycles. The third-order valence-electron chi connectivity index (χ3n) is 3.76. The van der Waals surface area contributed by atoms with E-state index in [9.17, 15) is 24.6 Å². The summed E-state index contributed by atoms with van der Waals surface area (Å²) < 4.78 is 0. The number of aliphatic hydroxyl groups is 1. The number of carboxylic acids is 1. The third kappa shape index (κ3) is 7.20. The van der Waals surface area contributed by atoms with Crippen LogP contribution in [-0.4, -0.2) is 52.7 Å². The lowest BCUT2D eigenvalue weighted by atomic mass is 10.0. The van der Waals surface area contributed by atoms with Crippen molar-refractivity contribution in [2.45, 2.75) is 44.9 Å². The Bertz CT molecular complexity index is 606. The Morgan fingerprint density at radius 3 is 2.12 bits per heavy atom. The zero-order chi connectivity index (χ0) is 19.7. The molecule has 26 heavy (non-hydrogen) atoms. The van der Waals surface area contributed by atoms with Gasteiger partial charge in [-0.05, 0) is 17.9 Å². The third-order valence-corrected chi connectivity index (χ3v) is 3.76. The molecule has 144 valence electrons. The van der Waals surface area contributed by atoms with Crippen LogP contribution < -0.4 is 16.4 Å². The normalized spacial score (nSPS) is 14.3. The number of carbonyl (C=O) groups is 3. The summed E-state index contributed by atoms with van der Waals surface area (Å²) in [5.74, 6) is -2.48. The quantitative estimate of drug-likeness (QED) is 0.384. The Balaban J connectivity index is 2.92. The molecular formula is C18H27N3O5. The predicted molar refractivity (Wildman–Crippen MR) is 96.2 cm³/mol. The number of amides is 2. The maximum absolute atomic E-state index is 12.6. The van der Waals surface area contributed by atoms with E-state index in [1.54, 1.807) is 24.3 Å². The minimum atomic E-state index is -1.44. The molecule has 0 saturated heterocycles. The molecule has 8 heteroatoms. The SMILES string of the molecule is CC(C)C[C@H](NC(=O)[C@H](Cc1ccccc1)NC(=O)[C@@H](O)CN)C(=O)O. The van der Waals surface area contributed by atoms with Gasteiger partial charge in [-0.25, -0.2) is 4.79 Å². The molecule has 0 radical (unpaired) electrons. The number of hydrogen-bond acceptors (Lipinski definition) is 5. The summed E-state index contributed by atoms with van der Waals surface area (Å²) in [6.07, 6.45) is -1.02. The van der Waals surface area contributed by atoms with E-state index in [-0.39, 0.29) is 25.3 Å². The van der Waals surface area contributed by atoms with Crippen molar-refractivity contribution >= 4 is 17.8 Å². The zero-order valence-electron chi connectivity index (χ0n) is 15.0. The largest absolute Gasteiger partial charge is 0.480 e. The molecular weight excluding hydrogens is 338 g/mol. The molecule has 0 bridgehead atoms. The van der Waals surface area contributed by atoms with Gasteiger partial charge in [0, 0.05) is 13.0 Å². The first kappa shape index (κ1) is 21.6. The summed E-state index contributed by atoms with van der Waals surface area (Å²) in [4.78, 5) is 35.9. The highest BCUT2D eigenvalue weighted by atomic mass is 16.4. The number of aliphatic hydroxyl groups excluding tert-OH is 1. The first-order valence-corrected chi connectivity index (χ1v) is 8.50. The van der Waals surface area contributed by atoms with Crippen LogP contribution in [0.3, 0.4) is 0 Å². The van der Waals surface area contributed by atoms with E-state index in [1.165, 1.54) is 0 Å². The van der Waals surface area contributed by atoms with E-state index in [1.807, 2.05) is 19.9 Å². The van der Waals surface area contributed by atoms with Crippen LogP contribution in [0.15, 0.2) is 30.3 Å². The fourth-order valence-electron chi connectivity index (χ4n) is 2.40. The van der Waals surface area contributed by atoms with E-state index in [4.69, 9.17) is 5.73 Å². The van der Waals surface area contributed by atoms with E-state index >= 15 is 0 Å². The highest BCUT2D eigenvalue weighted by Gasteiger charge is 2.28. The molecule has 0 aliphatic heterocycles. The molecule has 0 unspecified atom stereocenters. The van der Waals surface area contributed by atoms with E-state index in [2.05, 4.69) is 10.6 Å². The van der Waals surface area contributed by atoms with Crippen molar-refractivity contribution in [3.05, 3.63) is 35.9 Å². The van der Waals surface area contributed by atoms with Gasteiger partial charge in [0.2, 0.25) is 5.91 Å². The number of nitrogens with one attached hydrogen (secondary N) is 2. The molecule has 0 saturated carbocycles. The number of carboxylic acid groups (broad SMARTS) is 1. The molecule has 1 aromatic rings. The first-order chi connectivity index (χ1) is 12.2. The number of carbonyl (C=O) groups excluding carboxylic acids is 2. The minimum absolute atomic E-state index is 0.0672. The van der Waals surface area contributed by atoms with Crippen LogP contribution in [0.5, 0.6) is 0 Å². The van der Waals surface area contributed by atoms with E-state index < -0.39 is 36.0 Å². The second kappa shape index (κ2) is 10.5. The standard InChI is InChI=1S/C18H27N3O5/c1-11(2)8-14(18(25)26)21-16(23)13(20-17(24)15(22)10-19)9-12-6-4-3-5-7-12/h3-7,11,13-15,22H,8-10,19H2,1-2H3,(H,20,24)(H,21,23)(H,25,26)/t13-,14-,15-/m0/s1. The van der Waals surface area contributed by atoms with Gasteiger partial charge in [-0.3, -0.25) is 9.59 Å². The van der Waals surface area contributed by atoms with Crippen molar-refractivity contribution in [2.75, 3.05) is 6.54 Å². The van der Waals surface area contributed by atoms with Crippen molar-refractivity contribution in [3.63, 3.8) is 0 Å².